The van der Waals surface area contributed by atoms with Gasteiger partial charge in [-0.05, 0) is 31.2 Å². The van der Waals surface area contributed by atoms with Crippen molar-refractivity contribution in [1.82, 2.24) is 0 Å². The molecule has 0 saturated heterocycles. The third kappa shape index (κ3) is 1.66. The number of hydrogen-bond acceptors (Lipinski definition) is 3. The monoisotopic (exact) mass is 194 g/mol. The van der Waals surface area contributed by atoms with Crippen LogP contribution in [-0.4, -0.2) is 5.11 Å². The first-order valence-corrected chi connectivity index (χ1v) is 4.87. The van der Waals surface area contributed by atoms with Gasteiger partial charge in [0.25, 0.3) is 0 Å². The van der Waals surface area contributed by atoms with Crippen LogP contribution < -0.4 is 0 Å². The summed E-state index contributed by atoms with van der Waals surface area (Å²) in [4.78, 5) is 2.12. The van der Waals surface area contributed by atoms with Crippen LogP contribution in [0.5, 0.6) is 0 Å². The Morgan fingerprint density at radius 2 is 2.23 bits per heavy atom. The van der Waals surface area contributed by atoms with Crippen molar-refractivity contribution < 1.29 is 9.52 Å². The van der Waals surface area contributed by atoms with Gasteiger partial charge in [0.1, 0.15) is 11.9 Å². The Morgan fingerprint density at radius 3 is 2.77 bits per heavy atom. The molecule has 0 unspecified atom stereocenters. The maximum absolute atomic E-state index is 9.81. The molecule has 0 radical (unpaired) electrons. The zero-order valence-corrected chi connectivity index (χ0v) is 8.04. The van der Waals surface area contributed by atoms with Crippen LogP contribution in [0.4, 0.5) is 0 Å². The summed E-state index contributed by atoms with van der Waals surface area (Å²) in [6.07, 6.45) is 0.952. The van der Waals surface area contributed by atoms with Crippen molar-refractivity contribution in [2.45, 2.75) is 13.0 Å². The van der Waals surface area contributed by atoms with Crippen molar-refractivity contribution in [3.05, 3.63) is 46.0 Å². The van der Waals surface area contributed by atoms with E-state index < -0.39 is 6.10 Å². The molecule has 2 rings (SSSR count). The summed E-state index contributed by atoms with van der Waals surface area (Å²) in [5, 5.41) is 9.81. The van der Waals surface area contributed by atoms with E-state index in [1.165, 1.54) is 4.88 Å². The van der Waals surface area contributed by atoms with Crippen molar-refractivity contribution in [2.24, 2.45) is 0 Å². The van der Waals surface area contributed by atoms with Crippen molar-refractivity contribution >= 4 is 11.3 Å². The number of hydrogen-bond donors (Lipinski definition) is 1. The molecule has 0 fully saturated rings. The second-order valence-corrected chi connectivity index (χ2v) is 4.19. The zero-order chi connectivity index (χ0) is 9.26. The van der Waals surface area contributed by atoms with Gasteiger partial charge in [-0.15, -0.1) is 11.3 Å². The number of aliphatic hydroxyl groups excluding tert-OH is 1. The molecule has 0 aliphatic carbocycles. The molecule has 2 nitrogen and oxygen atoms in total. The summed E-state index contributed by atoms with van der Waals surface area (Å²) in [5.41, 5.74) is 0. The predicted octanol–water partition coefficient (Wildman–Crippen LogP) is 2.73. The molecule has 0 aliphatic heterocycles. The van der Waals surface area contributed by atoms with E-state index in [9.17, 15) is 5.11 Å². The molecule has 2 aromatic rings. The Morgan fingerprint density at radius 1 is 1.38 bits per heavy atom. The number of thiophene rings is 1. The molecule has 68 valence electrons. The second kappa shape index (κ2) is 3.36. The first-order chi connectivity index (χ1) is 6.27. The molecule has 2 aromatic heterocycles. The van der Waals surface area contributed by atoms with Crippen LogP contribution in [0, 0.1) is 6.92 Å². The maximum Gasteiger partial charge on any atom is 0.146 e. The predicted molar refractivity (Wildman–Crippen MR) is 51.8 cm³/mol. The van der Waals surface area contributed by atoms with Crippen molar-refractivity contribution in [3.63, 3.8) is 0 Å². The van der Waals surface area contributed by atoms with E-state index in [2.05, 4.69) is 0 Å². The lowest BCUT2D eigenvalue weighted by molar-refractivity contribution is 0.193. The molecule has 0 spiro atoms. The van der Waals surface area contributed by atoms with Crippen LogP contribution >= 0.6 is 11.3 Å². The van der Waals surface area contributed by atoms with E-state index in [0.717, 1.165) is 4.88 Å². The average Bonchev–Trinajstić information content (AvgIpc) is 2.72. The summed E-state index contributed by atoms with van der Waals surface area (Å²) in [5.74, 6) is 0.599. The third-order valence-corrected chi connectivity index (χ3v) is 2.90. The summed E-state index contributed by atoms with van der Waals surface area (Å²) >= 11 is 1.58. The largest absolute Gasteiger partial charge is 0.466 e. The van der Waals surface area contributed by atoms with E-state index in [-0.39, 0.29) is 0 Å². The highest BCUT2D eigenvalue weighted by molar-refractivity contribution is 7.12. The molecule has 0 aliphatic rings. The molecular weight excluding hydrogens is 184 g/mol. The Balaban J connectivity index is 2.28. The van der Waals surface area contributed by atoms with Gasteiger partial charge in [0.05, 0.1) is 6.26 Å². The maximum atomic E-state index is 9.81. The van der Waals surface area contributed by atoms with E-state index in [1.54, 1.807) is 29.7 Å². The first kappa shape index (κ1) is 8.53. The number of aryl methyl sites for hydroxylation is 1. The second-order valence-electron chi connectivity index (χ2n) is 2.87. The SMILES string of the molecule is Cc1ccc([C@@H](O)c2ccco2)s1. The van der Waals surface area contributed by atoms with Gasteiger partial charge in [-0.2, -0.15) is 0 Å². The molecular formula is C10H10O2S. The zero-order valence-electron chi connectivity index (χ0n) is 7.23. The highest BCUT2D eigenvalue weighted by Crippen LogP contribution is 2.27. The van der Waals surface area contributed by atoms with Gasteiger partial charge in [0.15, 0.2) is 0 Å². The minimum absolute atomic E-state index is 0.599. The van der Waals surface area contributed by atoms with Gasteiger partial charge in [-0.25, -0.2) is 0 Å². The van der Waals surface area contributed by atoms with Crippen LogP contribution in [0.1, 0.15) is 21.6 Å². The highest BCUT2D eigenvalue weighted by Gasteiger charge is 2.14. The van der Waals surface area contributed by atoms with Crippen LogP contribution in [-0.2, 0) is 0 Å². The molecule has 2 heterocycles. The third-order valence-electron chi connectivity index (χ3n) is 1.84. The number of furan rings is 1. The van der Waals surface area contributed by atoms with E-state index in [0.29, 0.717) is 5.76 Å². The van der Waals surface area contributed by atoms with Crippen molar-refractivity contribution in [3.8, 4) is 0 Å². The van der Waals surface area contributed by atoms with E-state index in [1.807, 2.05) is 19.1 Å². The normalized spacial score (nSPS) is 13.1. The molecule has 3 heteroatoms. The van der Waals surface area contributed by atoms with Crippen LogP contribution in [0.2, 0.25) is 0 Å². The van der Waals surface area contributed by atoms with Crippen LogP contribution in [0.15, 0.2) is 34.9 Å². The summed E-state index contributed by atoms with van der Waals surface area (Å²) in [6, 6.07) is 7.47. The lowest BCUT2D eigenvalue weighted by Gasteiger charge is -2.03. The van der Waals surface area contributed by atoms with Gasteiger partial charge >= 0.3 is 0 Å². The Kier molecular flexibility index (Phi) is 2.20. The van der Waals surface area contributed by atoms with Gasteiger partial charge < -0.3 is 9.52 Å². The Labute approximate surface area is 80.4 Å². The van der Waals surface area contributed by atoms with E-state index >= 15 is 0 Å². The lowest BCUT2D eigenvalue weighted by atomic mass is 10.2. The van der Waals surface area contributed by atoms with Gasteiger partial charge in [0, 0.05) is 9.75 Å². The molecule has 1 atom stereocenters. The molecule has 0 saturated carbocycles. The van der Waals surface area contributed by atoms with Crippen LogP contribution in [0.25, 0.3) is 0 Å². The van der Waals surface area contributed by atoms with Crippen LogP contribution in [0.3, 0.4) is 0 Å². The standard InChI is InChI=1S/C10H10O2S/c1-7-4-5-9(13-7)10(11)8-3-2-6-12-8/h2-6,10-11H,1H3/t10-/m0/s1. The molecule has 1 N–H and O–H groups in total. The summed E-state index contributed by atoms with van der Waals surface area (Å²) in [6.45, 7) is 2.02. The fourth-order valence-electron chi connectivity index (χ4n) is 1.19. The number of aliphatic hydroxyl groups is 1. The molecule has 0 amide bonds. The minimum atomic E-state index is -0.617. The fraction of sp³-hybridized carbons (Fsp3) is 0.200. The topological polar surface area (TPSA) is 33.4 Å². The minimum Gasteiger partial charge on any atom is -0.466 e. The smallest absolute Gasteiger partial charge is 0.146 e. The first-order valence-electron chi connectivity index (χ1n) is 4.05. The highest BCUT2D eigenvalue weighted by atomic mass is 32.1. The number of rotatable bonds is 2. The average molecular weight is 194 g/mol. The Hall–Kier alpha value is -1.06. The summed E-state index contributed by atoms with van der Waals surface area (Å²) < 4.78 is 5.12. The van der Waals surface area contributed by atoms with Gasteiger partial charge in [-0.1, -0.05) is 0 Å². The lowest BCUT2D eigenvalue weighted by Crippen LogP contribution is -1.93. The molecule has 0 aromatic carbocycles. The van der Waals surface area contributed by atoms with Crippen molar-refractivity contribution in [2.75, 3.05) is 0 Å². The quantitative estimate of drug-likeness (QED) is 0.797. The van der Waals surface area contributed by atoms with E-state index in [4.69, 9.17) is 4.42 Å². The van der Waals surface area contributed by atoms with Gasteiger partial charge in [0.2, 0.25) is 0 Å². The van der Waals surface area contributed by atoms with Crippen molar-refractivity contribution in [1.29, 1.82) is 0 Å². The fourth-order valence-corrected chi connectivity index (χ4v) is 2.06. The van der Waals surface area contributed by atoms with Gasteiger partial charge in [-0.3, -0.25) is 0 Å². The summed E-state index contributed by atoms with van der Waals surface area (Å²) in [7, 11) is 0. The molecule has 0 bridgehead atoms. The Bertz CT molecular complexity index is 375. The molecule has 13 heavy (non-hydrogen) atoms.